The van der Waals surface area contributed by atoms with E-state index in [1.807, 2.05) is 56.3 Å². The van der Waals surface area contributed by atoms with E-state index in [0.717, 1.165) is 5.56 Å². The fourth-order valence-corrected chi connectivity index (χ4v) is 11.3. The lowest BCUT2D eigenvalue weighted by molar-refractivity contribution is -0.164. The van der Waals surface area contributed by atoms with Gasteiger partial charge in [0.2, 0.25) is 17.6 Å². The van der Waals surface area contributed by atoms with Gasteiger partial charge in [-0.05, 0) is 93.7 Å². The van der Waals surface area contributed by atoms with Crippen molar-refractivity contribution in [3.05, 3.63) is 64.2 Å². The number of carbonyl (C=O) groups is 6. The van der Waals surface area contributed by atoms with Gasteiger partial charge in [-0.15, -0.1) is 11.8 Å². The fourth-order valence-electron chi connectivity index (χ4n) is 9.72. The molecule has 17 heteroatoms. The Labute approximate surface area is 398 Å². The molecular formula is C50H68N4O12S. The summed E-state index contributed by atoms with van der Waals surface area (Å²) in [6.07, 6.45) is 2.60. The molecule has 6 rings (SSSR count). The first-order valence-electron chi connectivity index (χ1n) is 23.4. The minimum absolute atomic E-state index is 0.0268. The van der Waals surface area contributed by atoms with Gasteiger partial charge in [0.15, 0.2) is 11.5 Å². The Morgan fingerprint density at radius 3 is 2.39 bits per heavy atom. The Kier molecular flexibility index (Phi) is 16.7. The van der Waals surface area contributed by atoms with Gasteiger partial charge in [0.05, 0.1) is 44.9 Å². The third-order valence-corrected chi connectivity index (χ3v) is 15.4. The van der Waals surface area contributed by atoms with Crippen LogP contribution in [-0.4, -0.2) is 149 Å². The first-order valence-corrected chi connectivity index (χ1v) is 24.3. The summed E-state index contributed by atoms with van der Waals surface area (Å²) in [7, 11) is 6.57. The number of likely N-dealkylation sites (N-methyl/N-ethyl adjacent to an activating group) is 1. The zero-order valence-corrected chi connectivity index (χ0v) is 41.1. The van der Waals surface area contributed by atoms with Crippen LogP contribution in [0.5, 0.6) is 17.2 Å². The summed E-state index contributed by atoms with van der Waals surface area (Å²) in [6.45, 7) is 10.4. The van der Waals surface area contributed by atoms with Gasteiger partial charge in [0.25, 0.3) is 5.91 Å². The second kappa shape index (κ2) is 21.9. The van der Waals surface area contributed by atoms with Crippen LogP contribution in [-0.2, 0) is 39.9 Å². The molecule has 4 aliphatic heterocycles. The zero-order valence-electron chi connectivity index (χ0n) is 40.3. The molecule has 4 aliphatic rings. The van der Waals surface area contributed by atoms with Crippen molar-refractivity contribution >= 4 is 47.2 Å². The predicted octanol–water partition coefficient (Wildman–Crippen LogP) is 5.49. The summed E-state index contributed by atoms with van der Waals surface area (Å²) < 4.78 is 23.6. The van der Waals surface area contributed by atoms with Crippen LogP contribution in [0.2, 0.25) is 0 Å². The Balaban J connectivity index is 1.14. The molecule has 8 atom stereocenters. The summed E-state index contributed by atoms with van der Waals surface area (Å²) >= 11 is 1.42. The van der Waals surface area contributed by atoms with Gasteiger partial charge in [-0.1, -0.05) is 45.9 Å². The number of Topliss-reactive ketones (excluding diaryl/α,β-unsaturated/α-hetero) is 1. The van der Waals surface area contributed by atoms with Gasteiger partial charge < -0.3 is 43.9 Å². The molecule has 0 saturated carbocycles. The number of thioether (sulfide) groups is 1. The maximum absolute atomic E-state index is 14.2. The average molecular weight is 949 g/mol. The highest BCUT2D eigenvalue weighted by molar-refractivity contribution is 8.03. The number of hydrogen-bond donors (Lipinski definition) is 2. The van der Waals surface area contributed by atoms with E-state index in [0.29, 0.717) is 105 Å². The first kappa shape index (κ1) is 51.3. The number of aryl methyl sites for hydroxylation is 1. The molecule has 2 N–H and O–H groups in total. The third kappa shape index (κ3) is 11.1. The number of esters is 1. The SMILES string of the molecule is CCC(C)(C)C(=O)C(=O)N1CCCC[C@H]1C(=O)O[C@H](CCc1ccc(OC)c(OC)c1)c1cccc(OCCCN2C[C@@H](SC3=C(C(=O)O)N4C(=O)[C@H]([C@@H](C)O)[C@H]4[C@H]3C)C[C@H]2C(=O)N(C)C)c1. The van der Waals surface area contributed by atoms with Gasteiger partial charge in [-0.3, -0.25) is 24.1 Å². The average Bonchev–Trinajstić information content (AvgIpc) is 3.82. The molecule has 3 amide bonds. The molecule has 0 spiro atoms. The molecule has 2 aromatic carbocycles. The largest absolute Gasteiger partial charge is 0.494 e. The number of likely N-dealkylation sites (tertiary alicyclic amines) is 2. The molecule has 2 aromatic rings. The summed E-state index contributed by atoms with van der Waals surface area (Å²) in [5.41, 5.74) is 0.741. The summed E-state index contributed by atoms with van der Waals surface area (Å²) in [5.74, 6) is -2.57. The van der Waals surface area contributed by atoms with Crippen LogP contribution in [0.3, 0.4) is 0 Å². The van der Waals surface area contributed by atoms with Crippen molar-refractivity contribution in [3.63, 3.8) is 0 Å². The Morgan fingerprint density at radius 1 is 1.00 bits per heavy atom. The fraction of sp³-hybridized carbons (Fsp3) is 0.600. The van der Waals surface area contributed by atoms with Crippen LogP contribution < -0.4 is 14.2 Å². The second-order valence-corrected chi connectivity index (χ2v) is 20.3. The Bertz CT molecular complexity index is 2210. The van der Waals surface area contributed by atoms with Crippen molar-refractivity contribution in [2.45, 2.75) is 122 Å². The number of methoxy groups -OCH3 is 2. The molecule has 0 aliphatic carbocycles. The van der Waals surface area contributed by atoms with Gasteiger partial charge in [-0.2, -0.15) is 0 Å². The smallest absolute Gasteiger partial charge is 0.353 e. The van der Waals surface area contributed by atoms with E-state index in [4.69, 9.17) is 18.9 Å². The van der Waals surface area contributed by atoms with E-state index in [1.54, 1.807) is 54.0 Å². The topological polar surface area (TPSA) is 193 Å². The normalized spacial score (nSPS) is 23.8. The van der Waals surface area contributed by atoms with Gasteiger partial charge in [0, 0.05) is 55.2 Å². The number of aliphatic hydroxyl groups is 1. The maximum atomic E-state index is 14.2. The van der Waals surface area contributed by atoms with Crippen LogP contribution in [0, 0.1) is 17.3 Å². The van der Waals surface area contributed by atoms with E-state index in [1.165, 1.54) is 21.6 Å². The molecule has 0 bridgehead atoms. The van der Waals surface area contributed by atoms with Crippen LogP contribution in [0.15, 0.2) is 53.1 Å². The minimum atomic E-state index is -1.18. The number of nitrogens with zero attached hydrogens (tertiary/aromatic N) is 4. The molecule has 0 unspecified atom stereocenters. The van der Waals surface area contributed by atoms with Crippen molar-refractivity contribution in [2.75, 3.05) is 54.6 Å². The number of benzene rings is 2. The highest BCUT2D eigenvalue weighted by atomic mass is 32.2. The van der Waals surface area contributed by atoms with Gasteiger partial charge >= 0.3 is 11.9 Å². The van der Waals surface area contributed by atoms with Crippen LogP contribution in [0.1, 0.15) is 96.8 Å². The highest BCUT2D eigenvalue weighted by Crippen LogP contribution is 2.52. The number of carboxylic acid groups (broad SMARTS) is 1. The summed E-state index contributed by atoms with van der Waals surface area (Å²) in [4.78, 5) is 87.0. The number of β-lactam (4-membered cyclic amide) rings is 1. The first-order chi connectivity index (χ1) is 31.8. The molecule has 3 saturated heterocycles. The lowest BCUT2D eigenvalue weighted by atomic mass is 9.79. The van der Waals surface area contributed by atoms with Crippen molar-refractivity contribution in [2.24, 2.45) is 17.3 Å². The number of ether oxygens (including phenoxy) is 4. The number of rotatable bonds is 21. The third-order valence-electron chi connectivity index (χ3n) is 13.9. The Hall–Kier alpha value is -5.13. The molecule has 0 aromatic heterocycles. The molecule has 16 nitrogen and oxygen atoms in total. The minimum Gasteiger partial charge on any atom is -0.494 e. The number of carboxylic acids is 1. The number of aliphatic carboxylic acids is 1. The molecule has 0 radical (unpaired) electrons. The molecule has 3 fully saturated rings. The molecular weight excluding hydrogens is 881 g/mol. The predicted molar refractivity (Wildman–Crippen MR) is 251 cm³/mol. The second-order valence-electron chi connectivity index (χ2n) is 19.0. The van der Waals surface area contributed by atoms with Crippen LogP contribution in [0.4, 0.5) is 0 Å². The summed E-state index contributed by atoms with van der Waals surface area (Å²) in [6, 6.07) is 11.3. The lowest BCUT2D eigenvalue weighted by Gasteiger charge is -2.46. The van der Waals surface area contributed by atoms with Crippen molar-refractivity contribution in [1.29, 1.82) is 0 Å². The van der Waals surface area contributed by atoms with Crippen molar-refractivity contribution in [1.82, 2.24) is 19.6 Å². The Morgan fingerprint density at radius 2 is 1.73 bits per heavy atom. The van der Waals surface area contributed by atoms with Crippen LogP contribution in [0.25, 0.3) is 0 Å². The van der Waals surface area contributed by atoms with E-state index < -0.39 is 65.3 Å². The molecule has 67 heavy (non-hydrogen) atoms. The monoisotopic (exact) mass is 948 g/mol. The van der Waals surface area contributed by atoms with Gasteiger partial charge in [-0.25, -0.2) is 9.59 Å². The number of fused-ring (bicyclic) bond motifs is 1. The molecule has 366 valence electrons. The zero-order chi connectivity index (χ0) is 48.9. The quantitative estimate of drug-likeness (QED) is 0.0691. The number of hydrogen-bond acceptors (Lipinski definition) is 13. The summed E-state index contributed by atoms with van der Waals surface area (Å²) in [5, 5.41) is 20.4. The number of carbonyl (C=O) groups excluding carboxylic acids is 5. The molecule has 4 heterocycles. The van der Waals surface area contributed by atoms with E-state index in [-0.39, 0.29) is 28.7 Å². The highest BCUT2D eigenvalue weighted by Gasteiger charge is 2.60. The van der Waals surface area contributed by atoms with E-state index >= 15 is 0 Å². The van der Waals surface area contributed by atoms with E-state index in [9.17, 15) is 39.0 Å². The van der Waals surface area contributed by atoms with Crippen LogP contribution >= 0.6 is 11.8 Å². The van der Waals surface area contributed by atoms with Crippen molar-refractivity contribution in [3.8, 4) is 17.2 Å². The van der Waals surface area contributed by atoms with Crippen molar-refractivity contribution < 1.29 is 57.9 Å². The standard InChI is InChI=1S/C50H68N4O12S/c1-10-50(4,5)44(56)47(59)53-23-12-11-17-35(53)49(62)66-37(20-18-31-19-21-38(63-8)39(25-31)64-9)32-15-13-16-33(26-32)65-24-14-22-52-28-34(27-36(52)45(57)51(6)7)67-43-29(2)41-40(30(3)55)46(58)54(41)42(43)48(60)61/h13,15-16,19,21,25-26,29-30,34-37,40-41,55H,10-12,14,17-18,20,22-24,27-28H2,1-9H3,(H,60,61)/t29-,30-,34+,35+,36+,37-,40-,41-/m1/s1. The number of ketones is 1. The maximum Gasteiger partial charge on any atom is 0.353 e. The number of amides is 3. The van der Waals surface area contributed by atoms with Gasteiger partial charge in [0.1, 0.15) is 23.6 Å². The van der Waals surface area contributed by atoms with E-state index in [2.05, 4.69) is 4.90 Å². The lowest BCUT2D eigenvalue weighted by Crippen LogP contribution is -2.63. The number of piperidine rings is 1. The number of aliphatic hydroxyl groups excluding tert-OH is 1.